The molecule has 0 spiro atoms. The van der Waals surface area contributed by atoms with E-state index in [-0.39, 0.29) is 22.6 Å². The number of carbonyl (C=O) groups excluding carboxylic acids is 1. The molecule has 2 aromatic carbocycles. The highest BCUT2D eigenvalue weighted by atomic mass is 35.5. The summed E-state index contributed by atoms with van der Waals surface area (Å²) in [4.78, 5) is 29.0. The highest BCUT2D eigenvalue weighted by Crippen LogP contribution is 2.28. The maximum absolute atomic E-state index is 13.3. The Hall–Kier alpha value is -2.60. The molecule has 0 saturated carbocycles. The van der Waals surface area contributed by atoms with Crippen LogP contribution in [-0.2, 0) is 0 Å². The normalized spacial score (nSPS) is 12.6. The molecule has 0 N–H and O–H groups in total. The zero-order valence-corrected chi connectivity index (χ0v) is 11.1. The standard InChI is InChI=1S/C14H6ClFN3O2/c15-7-1-4-11-9(5-7)13(20)14-17-10-3-2-8(16)6-12(10)19(21)18(11)14/h1-6H/q+1. The molecule has 5 nitrogen and oxygen atoms in total. The molecule has 102 valence electrons. The second-order valence-corrected chi connectivity index (χ2v) is 5.08. The molecule has 3 aromatic rings. The van der Waals surface area contributed by atoms with Crippen LogP contribution in [0.4, 0.5) is 4.39 Å². The lowest BCUT2D eigenvalue weighted by Crippen LogP contribution is -2.32. The lowest BCUT2D eigenvalue weighted by atomic mass is 10.1. The minimum atomic E-state index is -0.546. The van der Waals surface area contributed by atoms with Gasteiger partial charge in [0.25, 0.3) is 0 Å². The first-order chi connectivity index (χ1) is 10.1. The second-order valence-electron chi connectivity index (χ2n) is 4.64. The minimum absolute atomic E-state index is 0.0126. The van der Waals surface area contributed by atoms with Crippen molar-refractivity contribution < 1.29 is 13.7 Å². The van der Waals surface area contributed by atoms with Gasteiger partial charge in [0.1, 0.15) is 17.0 Å². The van der Waals surface area contributed by atoms with Gasteiger partial charge in [-0.15, -0.1) is 0 Å². The molecule has 0 radical (unpaired) electrons. The molecule has 0 aliphatic carbocycles. The van der Waals surface area contributed by atoms with Crippen LogP contribution in [-0.4, -0.2) is 15.4 Å². The fourth-order valence-corrected chi connectivity index (χ4v) is 2.63. The van der Waals surface area contributed by atoms with E-state index >= 15 is 0 Å². The Bertz CT molecular complexity index is 1010. The van der Waals surface area contributed by atoms with Gasteiger partial charge in [-0.25, -0.2) is 9.37 Å². The smallest absolute Gasteiger partial charge is 0.285 e. The molecule has 7 heteroatoms. The van der Waals surface area contributed by atoms with Gasteiger partial charge in [0, 0.05) is 5.02 Å². The molecule has 0 fully saturated rings. The van der Waals surface area contributed by atoms with Gasteiger partial charge in [-0.1, -0.05) is 11.6 Å². The number of rotatable bonds is 0. The number of hydrogen-bond donors (Lipinski definition) is 0. The number of halogens is 2. The molecule has 0 saturated heterocycles. The fourth-order valence-electron chi connectivity index (χ4n) is 2.45. The third-order valence-corrected chi connectivity index (χ3v) is 3.62. The van der Waals surface area contributed by atoms with Crippen LogP contribution in [0.25, 0.3) is 16.7 Å². The van der Waals surface area contributed by atoms with Gasteiger partial charge in [0.05, 0.1) is 16.5 Å². The molecule has 0 bridgehead atoms. The number of ketones is 1. The third kappa shape index (κ3) is 1.56. The molecule has 1 aliphatic rings. The SMILES string of the molecule is O=C1c2cc(Cl)ccc2-n2c1nc1ccc(F)cc1[n+]2=O. The van der Waals surface area contributed by atoms with Gasteiger partial charge in [-0.05, 0) is 35.0 Å². The van der Waals surface area contributed by atoms with Crippen molar-refractivity contribution in [3.05, 3.63) is 63.5 Å². The minimum Gasteiger partial charge on any atom is -0.285 e. The van der Waals surface area contributed by atoms with Gasteiger partial charge in [0.15, 0.2) is 4.54 Å². The van der Waals surface area contributed by atoms with E-state index in [9.17, 15) is 14.1 Å². The quantitative estimate of drug-likeness (QED) is 0.468. The first kappa shape index (κ1) is 12.2. The number of aromatic nitrogens is 3. The summed E-state index contributed by atoms with van der Waals surface area (Å²) < 4.78 is 14.9. The van der Waals surface area contributed by atoms with E-state index < -0.39 is 5.82 Å². The van der Waals surface area contributed by atoms with Crippen molar-refractivity contribution in [2.24, 2.45) is 0 Å². The lowest BCUT2D eigenvalue weighted by Gasteiger charge is -1.97. The van der Waals surface area contributed by atoms with Gasteiger partial charge < -0.3 is 0 Å². The summed E-state index contributed by atoms with van der Waals surface area (Å²) in [5, 5.41) is 0.392. The van der Waals surface area contributed by atoms with Crippen LogP contribution in [0.2, 0.25) is 5.02 Å². The number of fused-ring (bicyclic) bond motifs is 4. The molecule has 0 atom stereocenters. The van der Waals surface area contributed by atoms with Crippen molar-refractivity contribution in [2.45, 2.75) is 0 Å². The Morgan fingerprint density at radius 1 is 1.19 bits per heavy atom. The van der Waals surface area contributed by atoms with Gasteiger partial charge in [-0.3, -0.25) is 4.79 Å². The van der Waals surface area contributed by atoms with Crippen molar-refractivity contribution >= 4 is 28.4 Å². The summed E-state index contributed by atoms with van der Waals surface area (Å²) in [5.74, 6) is -0.945. The average molecular weight is 303 g/mol. The molecule has 1 aromatic heterocycles. The molecule has 1 aliphatic heterocycles. The molecular weight excluding hydrogens is 297 g/mol. The number of nitrogens with zero attached hydrogens (tertiary/aromatic N) is 3. The van der Waals surface area contributed by atoms with E-state index in [2.05, 4.69) is 4.98 Å². The maximum atomic E-state index is 13.3. The van der Waals surface area contributed by atoms with Crippen LogP contribution in [0.15, 0.2) is 36.4 Å². The largest absolute Gasteiger partial charge is 0.321 e. The second kappa shape index (κ2) is 3.95. The summed E-state index contributed by atoms with van der Waals surface area (Å²) in [5.41, 5.74) is 0.989. The molecular formula is C14H6ClFN3O2+. The third-order valence-electron chi connectivity index (χ3n) is 3.39. The van der Waals surface area contributed by atoms with Crippen molar-refractivity contribution in [3.63, 3.8) is 0 Å². The summed E-state index contributed by atoms with van der Waals surface area (Å²) in [6.07, 6.45) is 0. The van der Waals surface area contributed by atoms with Gasteiger partial charge >= 0.3 is 5.52 Å². The van der Waals surface area contributed by atoms with Crippen LogP contribution >= 0.6 is 11.6 Å². The van der Waals surface area contributed by atoms with E-state index in [1.54, 1.807) is 12.1 Å². The van der Waals surface area contributed by atoms with Crippen LogP contribution in [0.3, 0.4) is 0 Å². The zero-order valence-electron chi connectivity index (χ0n) is 10.4. The van der Waals surface area contributed by atoms with Gasteiger partial charge in [0.2, 0.25) is 11.6 Å². The molecule has 4 rings (SSSR count). The Labute approximate surface area is 121 Å². The molecule has 21 heavy (non-hydrogen) atoms. The lowest BCUT2D eigenvalue weighted by molar-refractivity contribution is -0.559. The van der Waals surface area contributed by atoms with Crippen LogP contribution in [0.5, 0.6) is 0 Å². The van der Waals surface area contributed by atoms with Crippen molar-refractivity contribution in [2.75, 3.05) is 0 Å². The van der Waals surface area contributed by atoms with Crippen LogP contribution in [0.1, 0.15) is 16.2 Å². The van der Waals surface area contributed by atoms with E-state index in [1.165, 1.54) is 18.2 Å². The molecule has 0 amide bonds. The van der Waals surface area contributed by atoms with Gasteiger partial charge in [-0.2, -0.15) is 0 Å². The monoisotopic (exact) mass is 302 g/mol. The summed E-state index contributed by atoms with van der Waals surface area (Å²) in [7, 11) is 0. The van der Waals surface area contributed by atoms with Crippen molar-refractivity contribution in [1.82, 2.24) is 9.67 Å². The first-order valence-electron chi connectivity index (χ1n) is 6.06. The number of benzene rings is 2. The van der Waals surface area contributed by atoms with Crippen molar-refractivity contribution in [1.29, 1.82) is 0 Å². The Morgan fingerprint density at radius 3 is 2.81 bits per heavy atom. The van der Waals surface area contributed by atoms with Crippen molar-refractivity contribution in [3.8, 4) is 5.69 Å². The highest BCUT2D eigenvalue weighted by Gasteiger charge is 2.35. The molecule has 0 unspecified atom stereocenters. The predicted molar refractivity (Wildman–Crippen MR) is 72.8 cm³/mol. The van der Waals surface area contributed by atoms with E-state index in [1.807, 2.05) is 0 Å². The number of carbonyl (C=O) groups is 1. The van der Waals surface area contributed by atoms with Crippen LogP contribution < -0.4 is 4.54 Å². The Balaban J connectivity index is 2.18. The van der Waals surface area contributed by atoms with E-state index in [0.29, 0.717) is 20.8 Å². The number of hydrogen-bond acceptors (Lipinski definition) is 3. The summed E-state index contributed by atoms with van der Waals surface area (Å²) >= 11 is 5.88. The summed E-state index contributed by atoms with van der Waals surface area (Å²) in [6, 6.07) is 8.26. The highest BCUT2D eigenvalue weighted by molar-refractivity contribution is 6.31. The summed E-state index contributed by atoms with van der Waals surface area (Å²) in [6.45, 7) is 0. The van der Waals surface area contributed by atoms with E-state index in [4.69, 9.17) is 11.6 Å². The molecule has 2 heterocycles. The first-order valence-corrected chi connectivity index (χ1v) is 6.44. The predicted octanol–water partition coefficient (Wildman–Crippen LogP) is 2.28. The zero-order chi connectivity index (χ0) is 14.7. The fraction of sp³-hybridized carbons (Fsp3) is 0. The Morgan fingerprint density at radius 2 is 2.00 bits per heavy atom. The van der Waals surface area contributed by atoms with E-state index in [0.717, 1.165) is 10.7 Å². The Kier molecular flexibility index (Phi) is 2.29. The maximum Gasteiger partial charge on any atom is 0.321 e. The average Bonchev–Trinajstić information content (AvgIpc) is 2.73. The van der Waals surface area contributed by atoms with Crippen LogP contribution in [0, 0.1) is 10.7 Å². The topological polar surface area (TPSA) is 57.9 Å².